The Labute approximate surface area is 95.4 Å². The summed E-state index contributed by atoms with van der Waals surface area (Å²) >= 11 is 0. The third-order valence-corrected chi connectivity index (χ3v) is 2.83. The Bertz CT molecular complexity index is 246. The van der Waals surface area contributed by atoms with Gasteiger partial charge in [0.2, 0.25) is 0 Å². The van der Waals surface area contributed by atoms with Gasteiger partial charge in [0.25, 0.3) is 0 Å². The molecule has 0 bridgehead atoms. The molecule has 16 heavy (non-hydrogen) atoms. The van der Waals surface area contributed by atoms with Gasteiger partial charge in [0, 0.05) is 13.1 Å². The highest BCUT2D eigenvalue weighted by Crippen LogP contribution is 2.17. The maximum Gasteiger partial charge on any atom is 0.409 e. The van der Waals surface area contributed by atoms with Crippen molar-refractivity contribution in [2.24, 2.45) is 5.92 Å². The van der Waals surface area contributed by atoms with Gasteiger partial charge >= 0.3 is 12.1 Å². The van der Waals surface area contributed by atoms with Crippen LogP contribution in [0.3, 0.4) is 0 Å². The Kier molecular flexibility index (Phi) is 5.08. The maximum absolute atomic E-state index is 11.5. The molecule has 0 unspecified atom stereocenters. The molecule has 0 spiro atoms. The predicted molar refractivity (Wildman–Crippen MR) is 58.2 cm³/mol. The van der Waals surface area contributed by atoms with Crippen LogP contribution in [0.5, 0.6) is 0 Å². The van der Waals surface area contributed by atoms with E-state index in [4.69, 9.17) is 9.84 Å². The number of likely N-dealkylation sites (tertiary alicyclic amines) is 1. The fourth-order valence-corrected chi connectivity index (χ4v) is 1.70. The Hall–Kier alpha value is -1.26. The number of hydrogen-bond donors (Lipinski definition) is 1. The van der Waals surface area contributed by atoms with E-state index in [1.165, 1.54) is 0 Å². The molecule has 0 saturated carbocycles. The van der Waals surface area contributed by atoms with E-state index in [2.05, 4.69) is 0 Å². The number of piperidine rings is 1. The van der Waals surface area contributed by atoms with E-state index in [0.29, 0.717) is 32.5 Å². The molecule has 1 saturated heterocycles. The fourth-order valence-electron chi connectivity index (χ4n) is 1.70. The highest BCUT2D eigenvalue weighted by Gasteiger charge is 2.27. The average molecular weight is 229 g/mol. The lowest BCUT2D eigenvalue weighted by Crippen LogP contribution is -2.40. The first-order valence-electron chi connectivity index (χ1n) is 5.79. The average Bonchev–Trinajstić information content (AvgIpc) is 2.29. The van der Waals surface area contributed by atoms with Gasteiger partial charge in [0.15, 0.2) is 0 Å². The van der Waals surface area contributed by atoms with Gasteiger partial charge in [-0.2, -0.15) is 0 Å². The molecule has 0 radical (unpaired) electrons. The molecule has 0 atom stereocenters. The number of rotatable bonds is 4. The Morgan fingerprint density at radius 3 is 2.50 bits per heavy atom. The highest BCUT2D eigenvalue weighted by atomic mass is 16.6. The van der Waals surface area contributed by atoms with Crippen molar-refractivity contribution in [3.63, 3.8) is 0 Å². The minimum absolute atomic E-state index is 0.306. The van der Waals surface area contributed by atoms with Crippen LogP contribution in [0.15, 0.2) is 0 Å². The summed E-state index contributed by atoms with van der Waals surface area (Å²) < 4.78 is 5.06. The lowest BCUT2D eigenvalue weighted by atomic mass is 9.97. The van der Waals surface area contributed by atoms with Crippen LogP contribution in [0.4, 0.5) is 4.79 Å². The zero-order valence-electron chi connectivity index (χ0n) is 9.65. The number of carboxylic acids is 1. The normalized spacial score (nSPS) is 17.2. The molecule has 1 aliphatic rings. The van der Waals surface area contributed by atoms with Gasteiger partial charge in [-0.25, -0.2) is 4.79 Å². The third kappa shape index (κ3) is 3.72. The summed E-state index contributed by atoms with van der Waals surface area (Å²) in [6, 6.07) is 0. The lowest BCUT2D eigenvalue weighted by Gasteiger charge is -2.29. The number of nitrogens with zero attached hydrogens (tertiary/aromatic N) is 1. The first-order valence-corrected chi connectivity index (χ1v) is 5.79. The molecule has 1 fully saturated rings. The maximum atomic E-state index is 11.5. The zero-order chi connectivity index (χ0) is 12.0. The molecule has 1 heterocycles. The van der Waals surface area contributed by atoms with Crippen molar-refractivity contribution in [2.75, 3.05) is 19.7 Å². The van der Waals surface area contributed by atoms with E-state index in [1.807, 2.05) is 6.92 Å². The van der Waals surface area contributed by atoms with E-state index in [0.717, 1.165) is 12.8 Å². The molecule has 1 aliphatic heterocycles. The third-order valence-electron chi connectivity index (χ3n) is 2.83. The van der Waals surface area contributed by atoms with Gasteiger partial charge in [-0.1, -0.05) is 13.3 Å². The fraction of sp³-hybridized carbons (Fsp3) is 0.818. The predicted octanol–water partition coefficient (Wildman–Crippen LogP) is 1.72. The summed E-state index contributed by atoms with van der Waals surface area (Å²) in [6.07, 6.45) is 2.61. The molecular formula is C11H19NO4. The molecule has 0 aromatic heterocycles. The summed E-state index contributed by atoms with van der Waals surface area (Å²) in [5.41, 5.74) is 0. The van der Waals surface area contributed by atoms with Crippen molar-refractivity contribution in [3.05, 3.63) is 0 Å². The highest BCUT2D eigenvalue weighted by molar-refractivity contribution is 5.71. The Morgan fingerprint density at radius 2 is 2.00 bits per heavy atom. The number of unbranched alkanes of at least 4 members (excludes halogenated alkanes) is 1. The van der Waals surface area contributed by atoms with Crippen LogP contribution >= 0.6 is 0 Å². The monoisotopic (exact) mass is 229 g/mol. The zero-order valence-corrected chi connectivity index (χ0v) is 9.65. The van der Waals surface area contributed by atoms with Gasteiger partial charge in [-0.3, -0.25) is 4.79 Å². The van der Waals surface area contributed by atoms with Gasteiger partial charge in [0.05, 0.1) is 12.5 Å². The quantitative estimate of drug-likeness (QED) is 0.745. The minimum Gasteiger partial charge on any atom is -0.481 e. The first kappa shape index (κ1) is 12.8. The van der Waals surface area contributed by atoms with E-state index in [9.17, 15) is 9.59 Å². The second-order valence-electron chi connectivity index (χ2n) is 4.07. The molecule has 5 heteroatoms. The number of carbonyl (C=O) groups is 2. The summed E-state index contributed by atoms with van der Waals surface area (Å²) in [5, 5.41) is 8.80. The number of ether oxygens (including phenoxy) is 1. The van der Waals surface area contributed by atoms with E-state index in [-0.39, 0.29) is 12.0 Å². The van der Waals surface area contributed by atoms with Crippen LogP contribution in [0.25, 0.3) is 0 Å². The van der Waals surface area contributed by atoms with Crippen LogP contribution in [0, 0.1) is 5.92 Å². The smallest absolute Gasteiger partial charge is 0.409 e. The summed E-state index contributed by atoms with van der Waals surface area (Å²) in [6.45, 7) is 3.46. The van der Waals surface area contributed by atoms with Crippen molar-refractivity contribution >= 4 is 12.1 Å². The largest absolute Gasteiger partial charge is 0.481 e. The van der Waals surface area contributed by atoms with Crippen LogP contribution < -0.4 is 0 Å². The molecule has 0 aromatic carbocycles. The number of carbonyl (C=O) groups excluding carboxylic acids is 1. The molecule has 0 aromatic rings. The molecule has 1 rings (SSSR count). The van der Waals surface area contributed by atoms with Crippen LogP contribution in [0.2, 0.25) is 0 Å². The molecule has 1 N–H and O–H groups in total. The van der Waals surface area contributed by atoms with Crippen molar-refractivity contribution in [1.29, 1.82) is 0 Å². The van der Waals surface area contributed by atoms with Gasteiger partial charge < -0.3 is 14.7 Å². The van der Waals surface area contributed by atoms with Gasteiger partial charge in [-0.15, -0.1) is 0 Å². The van der Waals surface area contributed by atoms with Crippen molar-refractivity contribution < 1.29 is 19.4 Å². The van der Waals surface area contributed by atoms with E-state index >= 15 is 0 Å². The van der Waals surface area contributed by atoms with Crippen molar-refractivity contribution in [1.82, 2.24) is 4.90 Å². The standard InChI is InChI=1S/C11H19NO4/c1-2-3-8-16-11(15)12-6-4-9(5-7-12)10(13)14/h9H,2-8H2,1H3,(H,13,14). The SMILES string of the molecule is CCCCOC(=O)N1CCC(C(=O)O)CC1. The number of hydrogen-bond acceptors (Lipinski definition) is 3. The number of amides is 1. The molecule has 0 aliphatic carbocycles. The van der Waals surface area contributed by atoms with Crippen molar-refractivity contribution in [3.8, 4) is 0 Å². The summed E-state index contributed by atoms with van der Waals surface area (Å²) in [4.78, 5) is 23.8. The van der Waals surface area contributed by atoms with E-state index < -0.39 is 5.97 Å². The second kappa shape index (κ2) is 6.35. The van der Waals surface area contributed by atoms with Crippen molar-refractivity contribution in [2.45, 2.75) is 32.6 Å². The van der Waals surface area contributed by atoms with Crippen LogP contribution in [-0.2, 0) is 9.53 Å². The summed E-state index contributed by atoms with van der Waals surface area (Å²) in [7, 11) is 0. The number of aliphatic carboxylic acids is 1. The lowest BCUT2D eigenvalue weighted by molar-refractivity contribution is -0.143. The summed E-state index contributed by atoms with van der Waals surface area (Å²) in [5.74, 6) is -1.07. The first-order chi connectivity index (χ1) is 7.65. The van der Waals surface area contributed by atoms with Crippen LogP contribution in [-0.4, -0.2) is 41.8 Å². The molecule has 5 nitrogen and oxygen atoms in total. The molecule has 1 amide bonds. The Morgan fingerprint density at radius 1 is 1.38 bits per heavy atom. The van der Waals surface area contributed by atoms with Crippen LogP contribution in [0.1, 0.15) is 32.6 Å². The number of carboxylic acid groups (broad SMARTS) is 1. The molecule has 92 valence electrons. The van der Waals surface area contributed by atoms with E-state index in [1.54, 1.807) is 4.90 Å². The Balaban J connectivity index is 2.25. The topological polar surface area (TPSA) is 66.8 Å². The molecular weight excluding hydrogens is 210 g/mol. The minimum atomic E-state index is -0.765. The van der Waals surface area contributed by atoms with Gasteiger partial charge in [0.1, 0.15) is 0 Å². The second-order valence-corrected chi connectivity index (χ2v) is 4.07. The van der Waals surface area contributed by atoms with Gasteiger partial charge in [-0.05, 0) is 19.3 Å².